The Morgan fingerprint density at radius 1 is 1.50 bits per heavy atom. The summed E-state index contributed by atoms with van der Waals surface area (Å²) in [5.74, 6) is 0. The minimum Gasteiger partial charge on any atom is -0.395 e. The molecule has 98 valence electrons. The molecule has 1 heterocycles. The lowest BCUT2D eigenvalue weighted by atomic mass is 10.1. The molecule has 0 amide bonds. The van der Waals surface area contributed by atoms with Crippen molar-refractivity contribution in [1.82, 2.24) is 4.98 Å². The number of hydrogen-bond donors (Lipinski definition) is 2. The van der Waals surface area contributed by atoms with Crippen LogP contribution in [0.4, 0.5) is 11.4 Å². The number of rotatable bonds is 6. The fourth-order valence-electron chi connectivity index (χ4n) is 2.04. The van der Waals surface area contributed by atoms with Crippen LogP contribution < -0.4 is 11.1 Å². The van der Waals surface area contributed by atoms with Gasteiger partial charge in [-0.15, -0.1) is 11.3 Å². The van der Waals surface area contributed by atoms with Crippen LogP contribution in [0.3, 0.4) is 0 Å². The number of benzene rings is 1. The van der Waals surface area contributed by atoms with E-state index in [1.165, 1.54) is 0 Å². The van der Waals surface area contributed by atoms with E-state index in [-0.39, 0.29) is 0 Å². The van der Waals surface area contributed by atoms with Crippen molar-refractivity contribution in [2.75, 3.05) is 24.8 Å². The number of aromatic nitrogens is 1. The molecule has 5 heteroatoms. The van der Waals surface area contributed by atoms with E-state index in [2.05, 4.69) is 23.3 Å². The fourth-order valence-corrected chi connectivity index (χ4v) is 2.74. The smallest absolute Gasteiger partial charge is 0.106 e. The van der Waals surface area contributed by atoms with Crippen LogP contribution in [0.15, 0.2) is 17.6 Å². The molecule has 0 bridgehead atoms. The molecule has 0 saturated heterocycles. The summed E-state index contributed by atoms with van der Waals surface area (Å²) in [4.78, 5) is 4.30. The zero-order valence-electron chi connectivity index (χ0n) is 10.8. The van der Waals surface area contributed by atoms with Crippen molar-refractivity contribution < 1.29 is 4.74 Å². The van der Waals surface area contributed by atoms with Crippen LogP contribution in [-0.4, -0.2) is 24.7 Å². The number of nitrogen functional groups attached to an aromatic ring is 1. The van der Waals surface area contributed by atoms with Gasteiger partial charge in [0.25, 0.3) is 0 Å². The van der Waals surface area contributed by atoms with Crippen LogP contribution in [0.1, 0.15) is 19.8 Å². The lowest BCUT2D eigenvalue weighted by Gasteiger charge is -2.19. The lowest BCUT2D eigenvalue weighted by Crippen LogP contribution is -2.25. The Morgan fingerprint density at radius 2 is 2.33 bits per heavy atom. The average molecular weight is 265 g/mol. The maximum Gasteiger partial charge on any atom is 0.106 e. The van der Waals surface area contributed by atoms with Crippen molar-refractivity contribution in [3.8, 4) is 0 Å². The van der Waals surface area contributed by atoms with Crippen molar-refractivity contribution >= 4 is 32.9 Å². The fraction of sp³-hybridized carbons (Fsp3) is 0.462. The summed E-state index contributed by atoms with van der Waals surface area (Å²) in [6.45, 7) is 2.85. The first kappa shape index (κ1) is 13.1. The highest BCUT2D eigenvalue weighted by molar-refractivity contribution is 7.16. The number of nitrogens with two attached hydrogens (primary N) is 1. The van der Waals surface area contributed by atoms with Gasteiger partial charge in [-0.25, -0.2) is 4.98 Å². The molecule has 0 aliphatic heterocycles. The monoisotopic (exact) mass is 265 g/mol. The predicted molar refractivity (Wildman–Crippen MR) is 78.2 cm³/mol. The van der Waals surface area contributed by atoms with E-state index in [4.69, 9.17) is 10.5 Å². The van der Waals surface area contributed by atoms with Gasteiger partial charge in [-0.05, 0) is 18.6 Å². The zero-order valence-corrected chi connectivity index (χ0v) is 11.6. The molecule has 1 aromatic carbocycles. The molecule has 0 aliphatic carbocycles. The van der Waals surface area contributed by atoms with Crippen LogP contribution in [0, 0.1) is 0 Å². The maximum atomic E-state index is 6.14. The topological polar surface area (TPSA) is 60.2 Å². The highest BCUT2D eigenvalue weighted by atomic mass is 32.1. The summed E-state index contributed by atoms with van der Waals surface area (Å²) in [5.41, 5.74) is 10.5. The third-order valence-corrected chi connectivity index (χ3v) is 3.70. The minimum atomic E-state index is 0.290. The molecule has 3 N–H and O–H groups in total. The van der Waals surface area contributed by atoms with E-state index < -0.39 is 0 Å². The number of methoxy groups -OCH3 is 1. The van der Waals surface area contributed by atoms with Crippen LogP contribution in [0.25, 0.3) is 10.2 Å². The summed E-state index contributed by atoms with van der Waals surface area (Å²) < 4.78 is 6.35. The number of thiazole rings is 1. The van der Waals surface area contributed by atoms with Crippen LogP contribution in [0.2, 0.25) is 0 Å². The van der Waals surface area contributed by atoms with E-state index in [1.54, 1.807) is 18.4 Å². The molecule has 1 atom stereocenters. The first-order valence-corrected chi connectivity index (χ1v) is 7.01. The van der Waals surface area contributed by atoms with Crippen LogP contribution >= 0.6 is 11.3 Å². The second-order valence-corrected chi connectivity index (χ2v) is 5.20. The Kier molecular flexibility index (Phi) is 4.38. The Balaban J connectivity index is 2.21. The van der Waals surface area contributed by atoms with Gasteiger partial charge in [0.1, 0.15) is 5.52 Å². The van der Waals surface area contributed by atoms with Gasteiger partial charge in [-0.3, -0.25) is 0 Å². The zero-order chi connectivity index (χ0) is 13.0. The quantitative estimate of drug-likeness (QED) is 0.788. The standard InChI is InChI=1S/C13H19N3OS/c1-3-4-9(7-17-2)16-10-5-6-11-13(12(10)14)15-8-18-11/h5-6,8-9,16H,3-4,7,14H2,1-2H3. The summed E-state index contributed by atoms with van der Waals surface area (Å²) in [5, 5.41) is 3.45. The second kappa shape index (κ2) is 6.02. The molecule has 18 heavy (non-hydrogen) atoms. The number of ether oxygens (including phenoxy) is 1. The van der Waals surface area contributed by atoms with Crippen molar-refractivity contribution in [1.29, 1.82) is 0 Å². The van der Waals surface area contributed by atoms with Gasteiger partial charge in [0.15, 0.2) is 0 Å². The Morgan fingerprint density at radius 3 is 3.06 bits per heavy atom. The maximum absolute atomic E-state index is 6.14. The number of hydrogen-bond acceptors (Lipinski definition) is 5. The van der Waals surface area contributed by atoms with Crippen molar-refractivity contribution in [2.45, 2.75) is 25.8 Å². The van der Waals surface area contributed by atoms with Crippen LogP contribution in [-0.2, 0) is 4.74 Å². The van der Waals surface area contributed by atoms with Crippen molar-refractivity contribution in [3.05, 3.63) is 17.6 Å². The molecule has 1 aromatic heterocycles. The largest absolute Gasteiger partial charge is 0.395 e. The van der Waals surface area contributed by atoms with Gasteiger partial charge in [0.05, 0.1) is 28.2 Å². The number of nitrogens with zero attached hydrogens (tertiary/aromatic N) is 1. The first-order valence-electron chi connectivity index (χ1n) is 6.13. The third kappa shape index (κ3) is 2.73. The molecule has 0 saturated carbocycles. The van der Waals surface area contributed by atoms with Gasteiger partial charge < -0.3 is 15.8 Å². The highest BCUT2D eigenvalue weighted by Gasteiger charge is 2.11. The van der Waals surface area contributed by atoms with Gasteiger partial charge in [-0.1, -0.05) is 13.3 Å². The second-order valence-electron chi connectivity index (χ2n) is 4.31. The summed E-state index contributed by atoms with van der Waals surface area (Å²) in [7, 11) is 1.72. The summed E-state index contributed by atoms with van der Waals surface area (Å²) >= 11 is 1.61. The predicted octanol–water partition coefficient (Wildman–Crippen LogP) is 3.11. The summed E-state index contributed by atoms with van der Waals surface area (Å²) in [6, 6.07) is 4.37. The molecule has 4 nitrogen and oxygen atoms in total. The van der Waals surface area contributed by atoms with Crippen LogP contribution in [0.5, 0.6) is 0 Å². The first-order chi connectivity index (χ1) is 8.76. The molecular formula is C13H19N3OS. The third-order valence-electron chi connectivity index (χ3n) is 2.91. The van der Waals surface area contributed by atoms with Gasteiger partial charge in [0, 0.05) is 13.2 Å². The lowest BCUT2D eigenvalue weighted by molar-refractivity contribution is 0.182. The highest BCUT2D eigenvalue weighted by Crippen LogP contribution is 2.30. The van der Waals surface area contributed by atoms with E-state index in [1.807, 2.05) is 11.6 Å². The molecule has 0 fully saturated rings. The Hall–Kier alpha value is -1.33. The normalized spacial score (nSPS) is 12.8. The molecule has 0 aliphatic rings. The molecule has 0 spiro atoms. The van der Waals surface area contributed by atoms with E-state index >= 15 is 0 Å². The molecule has 1 unspecified atom stereocenters. The average Bonchev–Trinajstić information content (AvgIpc) is 2.82. The van der Waals surface area contributed by atoms with Gasteiger partial charge in [0.2, 0.25) is 0 Å². The minimum absolute atomic E-state index is 0.290. The molecular weight excluding hydrogens is 246 g/mol. The van der Waals surface area contributed by atoms with E-state index in [0.717, 1.165) is 34.4 Å². The number of fused-ring (bicyclic) bond motifs is 1. The van der Waals surface area contributed by atoms with Gasteiger partial charge in [-0.2, -0.15) is 0 Å². The summed E-state index contributed by atoms with van der Waals surface area (Å²) in [6.07, 6.45) is 2.17. The van der Waals surface area contributed by atoms with E-state index in [9.17, 15) is 0 Å². The van der Waals surface area contributed by atoms with Gasteiger partial charge >= 0.3 is 0 Å². The SMILES string of the molecule is CCCC(COC)Nc1ccc2scnc2c1N. The number of nitrogens with one attached hydrogen (secondary N) is 1. The van der Waals surface area contributed by atoms with Crippen molar-refractivity contribution in [3.63, 3.8) is 0 Å². The molecule has 0 radical (unpaired) electrons. The van der Waals surface area contributed by atoms with E-state index in [0.29, 0.717) is 12.6 Å². The Bertz CT molecular complexity index is 506. The Labute approximate surface area is 111 Å². The molecule has 2 aromatic rings. The van der Waals surface area contributed by atoms with Crippen molar-refractivity contribution in [2.24, 2.45) is 0 Å². The number of anilines is 2. The molecule has 2 rings (SSSR count).